The highest BCUT2D eigenvalue weighted by molar-refractivity contribution is 5.81. The molecule has 5 heteroatoms. The normalized spacial score (nSPS) is 10.7. The first-order valence-electron chi connectivity index (χ1n) is 7.56. The molecule has 0 fully saturated rings. The van der Waals surface area contributed by atoms with Gasteiger partial charge in [-0.25, -0.2) is 0 Å². The van der Waals surface area contributed by atoms with Crippen LogP contribution in [0.1, 0.15) is 12.5 Å². The smallest absolute Gasteiger partial charge is 0.161 e. The van der Waals surface area contributed by atoms with Crippen molar-refractivity contribution in [2.75, 3.05) is 32.4 Å². The van der Waals surface area contributed by atoms with Crippen LogP contribution >= 0.6 is 0 Å². The number of ether oxygens (including phenoxy) is 3. The highest BCUT2D eigenvalue weighted by Gasteiger charge is 2.05. The van der Waals surface area contributed by atoms with E-state index in [-0.39, 0.29) is 0 Å². The third-order valence-electron chi connectivity index (χ3n) is 3.06. The van der Waals surface area contributed by atoms with E-state index in [2.05, 4.69) is 10.5 Å². The van der Waals surface area contributed by atoms with Crippen LogP contribution in [0, 0.1) is 0 Å². The summed E-state index contributed by atoms with van der Waals surface area (Å²) in [5, 5.41) is 4.22. The molecule has 5 nitrogen and oxygen atoms in total. The molecule has 0 unspecified atom stereocenters. The fourth-order valence-electron chi connectivity index (χ4n) is 1.94. The standard InChI is InChI=1S/C18H22N2O3/c1-3-22-11-12-23-18-13-15(9-10-17(18)21-2)14-19-20-16-7-5-4-6-8-16/h4-10,13-14,20H,3,11-12H2,1-2H3. The van der Waals surface area contributed by atoms with E-state index in [0.717, 1.165) is 11.3 Å². The van der Waals surface area contributed by atoms with E-state index in [9.17, 15) is 0 Å². The Morgan fingerprint density at radius 3 is 2.61 bits per heavy atom. The van der Waals surface area contributed by atoms with Crippen LogP contribution in [0.3, 0.4) is 0 Å². The van der Waals surface area contributed by atoms with Gasteiger partial charge in [0, 0.05) is 6.61 Å². The lowest BCUT2D eigenvalue weighted by Gasteiger charge is -2.11. The highest BCUT2D eigenvalue weighted by atomic mass is 16.5. The first-order chi connectivity index (χ1) is 11.3. The Kier molecular flexibility index (Phi) is 6.94. The lowest BCUT2D eigenvalue weighted by atomic mass is 10.2. The largest absolute Gasteiger partial charge is 0.493 e. The lowest BCUT2D eigenvalue weighted by Crippen LogP contribution is -2.07. The number of nitrogens with one attached hydrogen (secondary N) is 1. The Morgan fingerprint density at radius 2 is 1.87 bits per heavy atom. The Hall–Kier alpha value is -2.53. The summed E-state index contributed by atoms with van der Waals surface area (Å²) in [6, 6.07) is 15.4. The Morgan fingerprint density at radius 1 is 1.04 bits per heavy atom. The third-order valence-corrected chi connectivity index (χ3v) is 3.06. The molecule has 0 aliphatic rings. The summed E-state index contributed by atoms with van der Waals surface area (Å²) in [6.07, 6.45) is 1.74. The van der Waals surface area contributed by atoms with Gasteiger partial charge in [0.1, 0.15) is 6.61 Å². The number of benzene rings is 2. The highest BCUT2D eigenvalue weighted by Crippen LogP contribution is 2.27. The molecule has 0 atom stereocenters. The number of rotatable bonds is 9. The van der Waals surface area contributed by atoms with Crippen LogP contribution in [-0.4, -0.2) is 33.1 Å². The number of para-hydroxylation sites is 1. The van der Waals surface area contributed by atoms with E-state index in [1.807, 2.05) is 55.5 Å². The van der Waals surface area contributed by atoms with E-state index in [1.165, 1.54) is 0 Å². The SMILES string of the molecule is CCOCCOc1cc(C=NNc2ccccc2)ccc1OC. The molecule has 0 saturated heterocycles. The predicted molar refractivity (Wildman–Crippen MR) is 92.6 cm³/mol. The second kappa shape index (κ2) is 9.48. The Bertz CT molecular complexity index is 615. The maximum Gasteiger partial charge on any atom is 0.161 e. The summed E-state index contributed by atoms with van der Waals surface area (Å²) in [7, 11) is 1.62. The monoisotopic (exact) mass is 314 g/mol. The summed E-state index contributed by atoms with van der Waals surface area (Å²) in [6.45, 7) is 3.66. The zero-order valence-electron chi connectivity index (χ0n) is 13.5. The van der Waals surface area contributed by atoms with Crippen LogP contribution in [0.5, 0.6) is 11.5 Å². The van der Waals surface area contributed by atoms with Crippen LogP contribution in [0.15, 0.2) is 53.6 Å². The van der Waals surface area contributed by atoms with Crippen molar-refractivity contribution in [1.29, 1.82) is 0 Å². The quantitative estimate of drug-likeness (QED) is 0.437. The van der Waals surface area contributed by atoms with Gasteiger partial charge in [-0.1, -0.05) is 18.2 Å². The first-order valence-corrected chi connectivity index (χ1v) is 7.56. The van der Waals surface area contributed by atoms with Gasteiger partial charge < -0.3 is 14.2 Å². The fraction of sp³-hybridized carbons (Fsp3) is 0.278. The minimum Gasteiger partial charge on any atom is -0.493 e. The number of hydrogen-bond acceptors (Lipinski definition) is 5. The molecule has 23 heavy (non-hydrogen) atoms. The Balaban J connectivity index is 1.98. The molecular formula is C18H22N2O3. The van der Waals surface area contributed by atoms with E-state index in [1.54, 1.807) is 13.3 Å². The van der Waals surface area contributed by atoms with Crippen LogP contribution in [0.2, 0.25) is 0 Å². The van der Waals surface area contributed by atoms with Crippen molar-refractivity contribution in [1.82, 2.24) is 0 Å². The van der Waals surface area contributed by atoms with Crippen LogP contribution in [0.25, 0.3) is 0 Å². The van der Waals surface area contributed by atoms with Crippen molar-refractivity contribution >= 4 is 11.9 Å². The fourth-order valence-corrected chi connectivity index (χ4v) is 1.94. The van der Waals surface area contributed by atoms with Crippen molar-refractivity contribution < 1.29 is 14.2 Å². The molecule has 0 spiro atoms. The molecule has 0 saturated carbocycles. The van der Waals surface area contributed by atoms with Gasteiger partial charge in [-0.2, -0.15) is 5.10 Å². The lowest BCUT2D eigenvalue weighted by molar-refractivity contribution is 0.109. The second-order valence-corrected chi connectivity index (χ2v) is 4.69. The molecule has 0 aromatic heterocycles. The minimum atomic E-state index is 0.479. The van der Waals surface area contributed by atoms with Gasteiger partial charge in [-0.3, -0.25) is 5.43 Å². The van der Waals surface area contributed by atoms with Crippen molar-refractivity contribution in [3.63, 3.8) is 0 Å². The maximum absolute atomic E-state index is 5.70. The molecule has 0 heterocycles. The average molecular weight is 314 g/mol. The number of hydrazone groups is 1. The van der Waals surface area contributed by atoms with Gasteiger partial charge in [0.2, 0.25) is 0 Å². The van der Waals surface area contributed by atoms with Crippen LogP contribution < -0.4 is 14.9 Å². The van der Waals surface area contributed by atoms with E-state index in [0.29, 0.717) is 31.3 Å². The molecule has 0 amide bonds. The number of anilines is 1. The summed E-state index contributed by atoms with van der Waals surface area (Å²) in [4.78, 5) is 0. The zero-order valence-corrected chi connectivity index (χ0v) is 13.5. The first kappa shape index (κ1) is 16.8. The van der Waals surface area contributed by atoms with Gasteiger partial charge in [-0.05, 0) is 42.8 Å². The summed E-state index contributed by atoms with van der Waals surface area (Å²) >= 11 is 0. The van der Waals surface area contributed by atoms with E-state index in [4.69, 9.17) is 14.2 Å². The zero-order chi connectivity index (χ0) is 16.3. The molecule has 2 rings (SSSR count). The molecule has 0 aliphatic heterocycles. The Labute approximate surface area is 136 Å². The number of nitrogens with zero attached hydrogens (tertiary/aromatic N) is 1. The molecule has 0 bridgehead atoms. The van der Waals surface area contributed by atoms with Crippen molar-refractivity contribution in [3.8, 4) is 11.5 Å². The molecule has 0 radical (unpaired) electrons. The summed E-state index contributed by atoms with van der Waals surface area (Å²) in [5.74, 6) is 1.37. The topological polar surface area (TPSA) is 52.1 Å². The predicted octanol–water partition coefficient (Wildman–Crippen LogP) is 3.56. The van der Waals surface area contributed by atoms with Gasteiger partial charge in [-0.15, -0.1) is 0 Å². The molecule has 2 aromatic rings. The van der Waals surface area contributed by atoms with Crippen LogP contribution in [-0.2, 0) is 4.74 Å². The van der Waals surface area contributed by atoms with E-state index >= 15 is 0 Å². The van der Waals surface area contributed by atoms with Crippen molar-refractivity contribution in [3.05, 3.63) is 54.1 Å². The van der Waals surface area contributed by atoms with Gasteiger partial charge in [0.15, 0.2) is 11.5 Å². The van der Waals surface area contributed by atoms with Gasteiger partial charge in [0.05, 0.1) is 25.6 Å². The number of methoxy groups -OCH3 is 1. The maximum atomic E-state index is 5.70. The summed E-state index contributed by atoms with van der Waals surface area (Å²) < 4.78 is 16.3. The van der Waals surface area contributed by atoms with Crippen LogP contribution in [0.4, 0.5) is 5.69 Å². The van der Waals surface area contributed by atoms with E-state index < -0.39 is 0 Å². The summed E-state index contributed by atoms with van der Waals surface area (Å²) in [5.41, 5.74) is 4.83. The van der Waals surface area contributed by atoms with Crippen molar-refractivity contribution in [2.45, 2.75) is 6.92 Å². The van der Waals surface area contributed by atoms with Gasteiger partial charge in [0.25, 0.3) is 0 Å². The second-order valence-electron chi connectivity index (χ2n) is 4.69. The van der Waals surface area contributed by atoms with Crippen molar-refractivity contribution in [2.24, 2.45) is 5.10 Å². The third kappa shape index (κ3) is 5.64. The number of hydrogen-bond donors (Lipinski definition) is 1. The molecule has 1 N–H and O–H groups in total. The molecule has 0 aliphatic carbocycles. The minimum absolute atomic E-state index is 0.479. The molecule has 2 aromatic carbocycles. The average Bonchev–Trinajstić information content (AvgIpc) is 2.60. The molecule has 122 valence electrons. The molecular weight excluding hydrogens is 292 g/mol. The van der Waals surface area contributed by atoms with Gasteiger partial charge >= 0.3 is 0 Å².